The minimum atomic E-state index is -0.243. The maximum absolute atomic E-state index is 11.3. The smallest absolute Gasteiger partial charge is 0.0611 e. The molecule has 6 heteroatoms. The summed E-state index contributed by atoms with van der Waals surface area (Å²) in [5.74, 6) is 1.15. The molecule has 0 aromatic carbocycles. The number of aliphatic hydroxyl groups excluding tert-OH is 1. The zero-order chi connectivity index (χ0) is 18.5. The second-order valence-corrected chi connectivity index (χ2v) is 9.67. The average Bonchev–Trinajstić information content (AvgIpc) is 2.68. The van der Waals surface area contributed by atoms with Gasteiger partial charge in [-0.1, -0.05) is 6.42 Å². The van der Waals surface area contributed by atoms with Crippen LogP contribution in [0, 0.1) is 17.8 Å². The van der Waals surface area contributed by atoms with E-state index < -0.39 is 0 Å². The van der Waals surface area contributed by atoms with Crippen LogP contribution < -0.4 is 5.32 Å². The van der Waals surface area contributed by atoms with Gasteiger partial charge in [-0.25, -0.2) is 0 Å². The number of ether oxygens (including phenoxy) is 1. The van der Waals surface area contributed by atoms with Crippen molar-refractivity contribution < 1.29 is 9.84 Å². The third-order valence-corrected chi connectivity index (χ3v) is 8.08. The van der Waals surface area contributed by atoms with E-state index in [2.05, 4.69) is 10.2 Å². The van der Waals surface area contributed by atoms with Crippen molar-refractivity contribution in [3.63, 3.8) is 0 Å². The lowest BCUT2D eigenvalue weighted by Gasteiger charge is -2.44. The van der Waals surface area contributed by atoms with Crippen LogP contribution in [0.1, 0.15) is 44.9 Å². The maximum atomic E-state index is 11.3. The zero-order valence-corrected chi connectivity index (χ0v) is 17.6. The number of alkyl halides is 2. The van der Waals surface area contributed by atoms with Crippen LogP contribution >= 0.6 is 23.2 Å². The molecule has 7 atom stereocenters. The van der Waals surface area contributed by atoms with Crippen LogP contribution in [-0.4, -0.2) is 72.8 Å². The summed E-state index contributed by atoms with van der Waals surface area (Å²) in [4.78, 5) is 2.59. The molecule has 5 unspecified atom stereocenters. The van der Waals surface area contributed by atoms with E-state index in [9.17, 15) is 5.11 Å². The highest BCUT2D eigenvalue weighted by Gasteiger charge is 2.40. The molecule has 2 aliphatic carbocycles. The van der Waals surface area contributed by atoms with E-state index in [4.69, 9.17) is 27.9 Å². The van der Waals surface area contributed by atoms with Gasteiger partial charge >= 0.3 is 0 Å². The lowest BCUT2D eigenvalue weighted by atomic mass is 9.70. The van der Waals surface area contributed by atoms with Crippen molar-refractivity contribution in [2.45, 2.75) is 67.8 Å². The van der Waals surface area contributed by atoms with Crippen LogP contribution in [0.25, 0.3) is 0 Å². The largest absolute Gasteiger partial charge is 0.392 e. The molecule has 3 fully saturated rings. The van der Waals surface area contributed by atoms with Crippen molar-refractivity contribution in [1.82, 2.24) is 10.2 Å². The summed E-state index contributed by atoms with van der Waals surface area (Å²) in [5.41, 5.74) is 0. The summed E-state index contributed by atoms with van der Waals surface area (Å²) in [6.07, 6.45) is 7.50. The molecule has 3 rings (SSSR count). The predicted octanol–water partition coefficient (Wildman–Crippen LogP) is 3.09. The molecule has 3 aliphatic rings. The summed E-state index contributed by atoms with van der Waals surface area (Å²) >= 11 is 12.8. The number of halogens is 2. The van der Waals surface area contributed by atoms with E-state index in [1.165, 1.54) is 12.8 Å². The first-order valence-corrected chi connectivity index (χ1v) is 11.4. The molecule has 4 nitrogen and oxygen atoms in total. The fraction of sp³-hybridized carbons (Fsp3) is 1.00. The highest BCUT2D eigenvalue weighted by Crippen LogP contribution is 2.40. The van der Waals surface area contributed by atoms with Gasteiger partial charge in [-0.2, -0.15) is 0 Å². The predicted molar refractivity (Wildman–Crippen MR) is 108 cm³/mol. The Bertz CT molecular complexity index is 423. The van der Waals surface area contributed by atoms with E-state index in [-0.39, 0.29) is 22.8 Å². The Morgan fingerprint density at radius 2 is 1.81 bits per heavy atom. The first kappa shape index (κ1) is 21.1. The highest BCUT2D eigenvalue weighted by molar-refractivity contribution is 6.30. The molecule has 0 spiro atoms. The zero-order valence-electron chi connectivity index (χ0n) is 16.1. The van der Waals surface area contributed by atoms with E-state index in [1.54, 1.807) is 0 Å². The quantitative estimate of drug-likeness (QED) is 0.665. The molecule has 0 aromatic heterocycles. The van der Waals surface area contributed by atoms with Gasteiger partial charge in [0, 0.05) is 37.0 Å². The standard InChI is InChI=1S/C20H36Cl2N2O2/c1-23-13-17(14-5-6-18(21)19(22)12-14)20(25)15-3-2-4-16(11-15)24-7-9-26-10-8-24/h14-20,23,25H,2-13H2,1H3/t14?,15?,16?,17-,18?,19?,20-/m0/s1. The molecule has 2 N–H and O–H groups in total. The second kappa shape index (κ2) is 10.3. The third kappa shape index (κ3) is 5.27. The van der Waals surface area contributed by atoms with Crippen LogP contribution in [0.4, 0.5) is 0 Å². The first-order valence-electron chi connectivity index (χ1n) is 10.5. The van der Waals surface area contributed by atoms with Crippen LogP contribution in [0.3, 0.4) is 0 Å². The number of nitrogens with one attached hydrogen (secondary N) is 1. The molecule has 1 saturated heterocycles. The summed E-state index contributed by atoms with van der Waals surface area (Å²) < 4.78 is 5.51. The van der Waals surface area contributed by atoms with Gasteiger partial charge in [0.05, 0.1) is 24.7 Å². The fourth-order valence-electron chi connectivity index (χ4n) is 5.43. The van der Waals surface area contributed by atoms with Gasteiger partial charge in [-0.3, -0.25) is 4.90 Å². The third-order valence-electron chi connectivity index (χ3n) is 6.95. The summed E-state index contributed by atoms with van der Waals surface area (Å²) in [5, 5.41) is 14.8. The molecule has 1 heterocycles. The Hall–Kier alpha value is 0.420. The van der Waals surface area contributed by atoms with E-state index in [0.29, 0.717) is 17.9 Å². The Kier molecular flexibility index (Phi) is 8.35. The van der Waals surface area contributed by atoms with E-state index in [0.717, 1.165) is 65.0 Å². The van der Waals surface area contributed by atoms with Crippen molar-refractivity contribution in [3.8, 4) is 0 Å². The number of nitrogens with zero attached hydrogens (tertiary/aromatic N) is 1. The van der Waals surface area contributed by atoms with Crippen LogP contribution in [0.15, 0.2) is 0 Å². The van der Waals surface area contributed by atoms with Gasteiger partial charge < -0.3 is 15.2 Å². The van der Waals surface area contributed by atoms with Crippen LogP contribution in [0.5, 0.6) is 0 Å². The van der Waals surface area contributed by atoms with Gasteiger partial charge in [0.1, 0.15) is 0 Å². The fourth-order valence-corrected chi connectivity index (χ4v) is 6.02. The SMILES string of the molecule is CNC[C@@H](C1CCC(Cl)C(Cl)C1)[C@@H](O)C1CCCC(N2CCOCC2)C1. The lowest BCUT2D eigenvalue weighted by molar-refractivity contribution is -0.0330. The Labute approximate surface area is 168 Å². The summed E-state index contributed by atoms with van der Waals surface area (Å²) in [6, 6.07) is 0.613. The van der Waals surface area contributed by atoms with Gasteiger partial charge in [-0.05, 0) is 57.4 Å². The van der Waals surface area contributed by atoms with Crippen LogP contribution in [0.2, 0.25) is 0 Å². The molecular weight excluding hydrogens is 371 g/mol. The van der Waals surface area contributed by atoms with E-state index in [1.807, 2.05) is 7.05 Å². The van der Waals surface area contributed by atoms with Crippen molar-refractivity contribution in [2.75, 3.05) is 39.9 Å². The Balaban J connectivity index is 1.61. The molecular formula is C20H36Cl2N2O2. The molecule has 0 radical (unpaired) electrons. The minimum absolute atomic E-state index is 0.0365. The second-order valence-electron chi connectivity index (χ2n) is 8.55. The maximum Gasteiger partial charge on any atom is 0.0611 e. The van der Waals surface area contributed by atoms with Gasteiger partial charge in [0.2, 0.25) is 0 Å². The molecule has 0 aromatic rings. The summed E-state index contributed by atoms with van der Waals surface area (Å²) in [6.45, 7) is 4.65. The van der Waals surface area contributed by atoms with Gasteiger partial charge in [0.25, 0.3) is 0 Å². The van der Waals surface area contributed by atoms with Crippen molar-refractivity contribution in [1.29, 1.82) is 0 Å². The number of hydrogen-bond acceptors (Lipinski definition) is 4. The molecule has 2 saturated carbocycles. The normalized spacial score (nSPS) is 39.5. The molecule has 1 aliphatic heterocycles. The number of aliphatic hydroxyl groups is 1. The Morgan fingerprint density at radius 3 is 2.50 bits per heavy atom. The number of hydrogen-bond donors (Lipinski definition) is 2. The molecule has 152 valence electrons. The molecule has 0 bridgehead atoms. The van der Waals surface area contributed by atoms with E-state index >= 15 is 0 Å². The Morgan fingerprint density at radius 1 is 1.04 bits per heavy atom. The van der Waals surface area contributed by atoms with Crippen molar-refractivity contribution in [2.24, 2.45) is 17.8 Å². The molecule has 26 heavy (non-hydrogen) atoms. The van der Waals surface area contributed by atoms with Crippen LogP contribution in [-0.2, 0) is 4.74 Å². The molecule has 0 amide bonds. The lowest BCUT2D eigenvalue weighted by Crippen LogP contribution is -2.49. The minimum Gasteiger partial charge on any atom is -0.392 e. The average molecular weight is 407 g/mol. The number of rotatable bonds is 6. The topological polar surface area (TPSA) is 44.7 Å². The first-order chi connectivity index (χ1) is 12.6. The number of morpholine rings is 1. The van der Waals surface area contributed by atoms with Crippen molar-refractivity contribution in [3.05, 3.63) is 0 Å². The monoisotopic (exact) mass is 406 g/mol. The van der Waals surface area contributed by atoms with Gasteiger partial charge in [-0.15, -0.1) is 23.2 Å². The highest BCUT2D eigenvalue weighted by atomic mass is 35.5. The van der Waals surface area contributed by atoms with Crippen molar-refractivity contribution >= 4 is 23.2 Å². The van der Waals surface area contributed by atoms with Gasteiger partial charge in [0.15, 0.2) is 0 Å². The summed E-state index contributed by atoms with van der Waals surface area (Å²) in [7, 11) is 1.99.